The molecule has 7 heteroatoms. The van der Waals surface area contributed by atoms with Crippen LogP contribution in [-0.4, -0.2) is 31.7 Å². The number of nitrogens with one attached hydrogen (secondary N) is 1. The van der Waals surface area contributed by atoms with Crippen LogP contribution < -0.4 is 5.32 Å². The van der Waals surface area contributed by atoms with E-state index >= 15 is 0 Å². The Bertz CT molecular complexity index is 878. The average Bonchev–Trinajstić information content (AvgIpc) is 2.55. The fourth-order valence-corrected chi connectivity index (χ4v) is 4.51. The summed E-state index contributed by atoms with van der Waals surface area (Å²) in [5.74, 6) is -0.323. The monoisotopic (exact) mass is 472 g/mol. The normalized spacial score (nSPS) is 11.6. The molecular formula is C18H21IN2O3S. The molecule has 0 heterocycles. The van der Waals surface area contributed by atoms with E-state index in [2.05, 4.69) is 27.9 Å². The van der Waals surface area contributed by atoms with Crippen molar-refractivity contribution in [3.05, 3.63) is 57.2 Å². The molecule has 0 unspecified atom stereocenters. The minimum atomic E-state index is -3.60. The molecule has 1 amide bonds. The quantitative estimate of drug-likeness (QED) is 0.649. The Morgan fingerprint density at radius 2 is 1.80 bits per heavy atom. The Labute approximate surface area is 162 Å². The lowest BCUT2D eigenvalue weighted by Gasteiger charge is -2.19. The maximum Gasteiger partial charge on any atom is 0.255 e. The van der Waals surface area contributed by atoms with E-state index in [0.29, 0.717) is 24.3 Å². The third kappa shape index (κ3) is 4.59. The van der Waals surface area contributed by atoms with Gasteiger partial charge < -0.3 is 5.32 Å². The van der Waals surface area contributed by atoms with Crippen LogP contribution in [0.3, 0.4) is 0 Å². The molecule has 25 heavy (non-hydrogen) atoms. The van der Waals surface area contributed by atoms with Crippen LogP contribution in [0.25, 0.3) is 0 Å². The molecule has 0 bridgehead atoms. The summed E-state index contributed by atoms with van der Waals surface area (Å²) in [6.07, 6.45) is 0. The molecule has 5 nitrogen and oxygen atoms in total. The van der Waals surface area contributed by atoms with E-state index in [1.165, 1.54) is 10.4 Å². The zero-order valence-electron chi connectivity index (χ0n) is 14.4. The molecule has 134 valence electrons. The number of carbonyl (C=O) groups excluding carboxylic acids is 1. The summed E-state index contributed by atoms with van der Waals surface area (Å²) in [6, 6.07) is 12.1. The third-order valence-corrected chi connectivity index (χ3v) is 6.60. The highest BCUT2D eigenvalue weighted by atomic mass is 127. The number of halogens is 1. The van der Waals surface area contributed by atoms with Crippen LogP contribution in [0.4, 0.5) is 5.69 Å². The van der Waals surface area contributed by atoms with Gasteiger partial charge in [0.2, 0.25) is 10.0 Å². The summed E-state index contributed by atoms with van der Waals surface area (Å²) < 4.78 is 27.7. The molecule has 2 rings (SSSR count). The van der Waals surface area contributed by atoms with E-state index in [1.54, 1.807) is 39.0 Å². The molecule has 0 fully saturated rings. The van der Waals surface area contributed by atoms with E-state index in [9.17, 15) is 13.2 Å². The van der Waals surface area contributed by atoms with Crippen LogP contribution in [0.15, 0.2) is 47.4 Å². The van der Waals surface area contributed by atoms with Crippen LogP contribution in [-0.2, 0) is 10.0 Å². The molecule has 0 aliphatic carbocycles. The summed E-state index contributed by atoms with van der Waals surface area (Å²) >= 11 is 2.17. The van der Waals surface area contributed by atoms with Crippen molar-refractivity contribution in [3.8, 4) is 0 Å². The van der Waals surface area contributed by atoms with E-state index in [0.717, 1.165) is 9.13 Å². The maximum absolute atomic E-state index is 12.7. The van der Waals surface area contributed by atoms with Crippen molar-refractivity contribution in [3.63, 3.8) is 0 Å². The van der Waals surface area contributed by atoms with Crippen molar-refractivity contribution in [1.82, 2.24) is 4.31 Å². The summed E-state index contributed by atoms with van der Waals surface area (Å²) in [5, 5.41) is 2.82. The first-order chi connectivity index (χ1) is 11.8. The fourth-order valence-electron chi connectivity index (χ4n) is 2.48. The molecule has 0 aromatic heterocycles. The lowest BCUT2D eigenvalue weighted by Crippen LogP contribution is -2.30. The Kier molecular flexibility index (Phi) is 6.59. The predicted octanol–water partition coefficient (Wildman–Crippen LogP) is 3.88. The second-order valence-electron chi connectivity index (χ2n) is 5.53. The molecule has 0 radical (unpaired) electrons. The minimum absolute atomic E-state index is 0.134. The molecule has 0 atom stereocenters. The van der Waals surface area contributed by atoms with Gasteiger partial charge >= 0.3 is 0 Å². The minimum Gasteiger partial charge on any atom is -0.322 e. The SMILES string of the molecule is CCN(CC)S(=O)(=O)c1ccc(C)c(C(=O)Nc2cccc(I)c2)c1. The topological polar surface area (TPSA) is 66.5 Å². The highest BCUT2D eigenvalue weighted by Gasteiger charge is 2.23. The highest BCUT2D eigenvalue weighted by Crippen LogP contribution is 2.21. The van der Waals surface area contributed by atoms with Gasteiger partial charge in [0.25, 0.3) is 5.91 Å². The second-order valence-corrected chi connectivity index (χ2v) is 8.71. The van der Waals surface area contributed by atoms with E-state index in [4.69, 9.17) is 0 Å². The number of carbonyl (C=O) groups is 1. The summed E-state index contributed by atoms with van der Waals surface area (Å²) in [5.41, 5.74) is 1.75. The van der Waals surface area contributed by atoms with Crippen LogP contribution in [0.5, 0.6) is 0 Å². The van der Waals surface area contributed by atoms with Gasteiger partial charge in [-0.05, 0) is 65.4 Å². The van der Waals surface area contributed by atoms with Crippen molar-refractivity contribution in [2.24, 2.45) is 0 Å². The van der Waals surface area contributed by atoms with Crippen LogP contribution in [0.1, 0.15) is 29.8 Å². The van der Waals surface area contributed by atoms with Gasteiger partial charge in [0, 0.05) is 27.9 Å². The fraction of sp³-hybridized carbons (Fsp3) is 0.278. The molecular weight excluding hydrogens is 451 g/mol. The predicted molar refractivity (Wildman–Crippen MR) is 108 cm³/mol. The maximum atomic E-state index is 12.7. The number of amides is 1. The Balaban J connectivity index is 2.37. The van der Waals surface area contributed by atoms with Crippen molar-refractivity contribution in [1.29, 1.82) is 0 Å². The van der Waals surface area contributed by atoms with E-state index in [1.807, 2.05) is 18.2 Å². The first-order valence-corrected chi connectivity index (χ1v) is 10.5. The largest absolute Gasteiger partial charge is 0.322 e. The van der Waals surface area contributed by atoms with Gasteiger partial charge in [-0.3, -0.25) is 4.79 Å². The average molecular weight is 472 g/mol. The number of nitrogens with zero attached hydrogens (tertiary/aromatic N) is 1. The third-order valence-electron chi connectivity index (χ3n) is 3.88. The molecule has 2 aromatic carbocycles. The van der Waals surface area contributed by atoms with Gasteiger partial charge in [-0.25, -0.2) is 8.42 Å². The van der Waals surface area contributed by atoms with Gasteiger partial charge in [-0.15, -0.1) is 0 Å². The van der Waals surface area contributed by atoms with Crippen LogP contribution >= 0.6 is 22.6 Å². The zero-order valence-corrected chi connectivity index (χ0v) is 17.4. The Hall–Kier alpha value is -1.45. The van der Waals surface area contributed by atoms with Crippen molar-refractivity contribution >= 4 is 44.2 Å². The van der Waals surface area contributed by atoms with Crippen molar-refractivity contribution < 1.29 is 13.2 Å². The zero-order chi connectivity index (χ0) is 18.6. The van der Waals surface area contributed by atoms with Crippen molar-refractivity contribution in [2.45, 2.75) is 25.7 Å². The first-order valence-electron chi connectivity index (χ1n) is 7.97. The second kappa shape index (κ2) is 8.29. The molecule has 0 saturated heterocycles. The number of sulfonamides is 1. The van der Waals surface area contributed by atoms with Gasteiger partial charge in [0.15, 0.2) is 0 Å². The van der Waals surface area contributed by atoms with Crippen LogP contribution in [0, 0.1) is 10.5 Å². The van der Waals surface area contributed by atoms with Crippen molar-refractivity contribution in [2.75, 3.05) is 18.4 Å². The lowest BCUT2D eigenvalue weighted by molar-refractivity contribution is 0.102. The number of anilines is 1. The number of hydrogen-bond acceptors (Lipinski definition) is 3. The smallest absolute Gasteiger partial charge is 0.255 e. The summed E-state index contributed by atoms with van der Waals surface area (Å²) in [6.45, 7) is 6.14. The molecule has 0 aliphatic heterocycles. The molecule has 1 N–H and O–H groups in total. The number of benzene rings is 2. The van der Waals surface area contributed by atoms with E-state index < -0.39 is 10.0 Å². The highest BCUT2D eigenvalue weighted by molar-refractivity contribution is 14.1. The van der Waals surface area contributed by atoms with Gasteiger partial charge in [0.1, 0.15) is 0 Å². The summed E-state index contributed by atoms with van der Waals surface area (Å²) in [7, 11) is -3.60. The first kappa shape index (κ1) is 19.9. The van der Waals surface area contributed by atoms with E-state index in [-0.39, 0.29) is 10.8 Å². The van der Waals surface area contributed by atoms with Gasteiger partial charge in [-0.1, -0.05) is 26.0 Å². The Morgan fingerprint density at radius 3 is 2.40 bits per heavy atom. The lowest BCUT2D eigenvalue weighted by atomic mass is 10.1. The van der Waals surface area contributed by atoms with Gasteiger partial charge in [0.05, 0.1) is 4.90 Å². The molecule has 2 aromatic rings. The Morgan fingerprint density at radius 1 is 1.12 bits per heavy atom. The molecule has 0 saturated carbocycles. The van der Waals surface area contributed by atoms with Crippen LogP contribution in [0.2, 0.25) is 0 Å². The van der Waals surface area contributed by atoms with Gasteiger partial charge in [-0.2, -0.15) is 4.31 Å². The molecule has 0 spiro atoms. The summed E-state index contributed by atoms with van der Waals surface area (Å²) in [4.78, 5) is 12.7. The standard InChI is InChI=1S/C18H21IN2O3S/c1-4-21(5-2)25(23,24)16-10-9-13(3)17(12-16)18(22)20-15-8-6-7-14(19)11-15/h6-12H,4-5H2,1-3H3,(H,20,22). The number of aryl methyl sites for hydroxylation is 1. The number of rotatable bonds is 6. The molecule has 0 aliphatic rings. The number of hydrogen-bond donors (Lipinski definition) is 1.